The van der Waals surface area contributed by atoms with Crippen LogP contribution in [-0.2, 0) is 0 Å². The summed E-state index contributed by atoms with van der Waals surface area (Å²) in [6, 6.07) is 0.442. The summed E-state index contributed by atoms with van der Waals surface area (Å²) in [5.74, 6) is 0. The Kier molecular flexibility index (Phi) is 4.78. The van der Waals surface area contributed by atoms with Crippen molar-refractivity contribution in [3.05, 3.63) is 0 Å². The Balaban J connectivity index is 2.37. The average molecular weight is 203 g/mol. The molecule has 2 atom stereocenters. The van der Waals surface area contributed by atoms with Crippen molar-refractivity contribution in [3.8, 4) is 0 Å². The second kappa shape index (κ2) is 5.63. The first kappa shape index (κ1) is 11.9. The zero-order chi connectivity index (χ0) is 10.6. The van der Waals surface area contributed by atoms with Crippen LogP contribution in [0.15, 0.2) is 0 Å². The Morgan fingerprint density at radius 1 is 1.57 bits per heavy atom. The van der Waals surface area contributed by atoms with Crippen LogP contribution in [0.2, 0.25) is 0 Å². The molecule has 1 aliphatic rings. The molecule has 14 heavy (non-hydrogen) atoms. The van der Waals surface area contributed by atoms with Crippen LogP contribution in [0.5, 0.6) is 0 Å². The standard InChI is InChI=1S/C10H22FN3/c1-8(2)14(6-4-12)7-10-9(11)3-5-13-10/h8-10,13H,3-7,12H2,1-2H3. The van der Waals surface area contributed by atoms with Gasteiger partial charge < -0.3 is 11.1 Å². The molecule has 0 aliphatic carbocycles. The molecule has 3 nitrogen and oxygen atoms in total. The first-order valence-electron chi connectivity index (χ1n) is 5.46. The maximum atomic E-state index is 13.3. The molecule has 1 rings (SSSR count). The Bertz CT molecular complexity index is 163. The number of hydrogen-bond acceptors (Lipinski definition) is 3. The smallest absolute Gasteiger partial charge is 0.118 e. The minimum Gasteiger partial charge on any atom is -0.329 e. The monoisotopic (exact) mass is 203 g/mol. The molecule has 0 aromatic heterocycles. The van der Waals surface area contributed by atoms with E-state index in [0.29, 0.717) is 19.0 Å². The minimum atomic E-state index is -0.686. The van der Waals surface area contributed by atoms with E-state index in [9.17, 15) is 4.39 Å². The predicted molar refractivity (Wildman–Crippen MR) is 57.1 cm³/mol. The van der Waals surface area contributed by atoms with Gasteiger partial charge in [0.1, 0.15) is 6.17 Å². The van der Waals surface area contributed by atoms with E-state index < -0.39 is 6.17 Å². The normalized spacial score (nSPS) is 27.9. The first-order chi connectivity index (χ1) is 6.65. The van der Waals surface area contributed by atoms with Crippen LogP contribution < -0.4 is 11.1 Å². The number of halogens is 1. The molecule has 4 heteroatoms. The number of alkyl halides is 1. The van der Waals surface area contributed by atoms with Gasteiger partial charge in [0.2, 0.25) is 0 Å². The van der Waals surface area contributed by atoms with Crippen molar-refractivity contribution in [1.82, 2.24) is 10.2 Å². The molecule has 84 valence electrons. The molecule has 1 aliphatic heterocycles. The minimum absolute atomic E-state index is 0.00366. The van der Waals surface area contributed by atoms with Gasteiger partial charge in [0.25, 0.3) is 0 Å². The Morgan fingerprint density at radius 3 is 2.71 bits per heavy atom. The van der Waals surface area contributed by atoms with Gasteiger partial charge in [0, 0.05) is 25.7 Å². The van der Waals surface area contributed by atoms with Gasteiger partial charge in [-0.05, 0) is 26.8 Å². The zero-order valence-electron chi connectivity index (χ0n) is 9.17. The van der Waals surface area contributed by atoms with E-state index in [4.69, 9.17) is 5.73 Å². The van der Waals surface area contributed by atoms with E-state index in [2.05, 4.69) is 24.1 Å². The van der Waals surface area contributed by atoms with Crippen molar-refractivity contribution in [2.75, 3.05) is 26.2 Å². The molecule has 0 saturated carbocycles. The molecule has 3 N–H and O–H groups in total. The molecular formula is C10H22FN3. The predicted octanol–water partition coefficient (Wildman–Crippen LogP) is 0.356. The lowest BCUT2D eigenvalue weighted by molar-refractivity contribution is 0.176. The van der Waals surface area contributed by atoms with Crippen molar-refractivity contribution < 1.29 is 4.39 Å². The van der Waals surface area contributed by atoms with Gasteiger partial charge in [-0.25, -0.2) is 4.39 Å². The van der Waals surface area contributed by atoms with E-state index >= 15 is 0 Å². The third-order valence-corrected chi connectivity index (χ3v) is 2.84. The quantitative estimate of drug-likeness (QED) is 0.677. The molecule has 0 bridgehead atoms. The Labute approximate surface area is 85.8 Å². The van der Waals surface area contributed by atoms with E-state index in [0.717, 1.165) is 19.6 Å². The van der Waals surface area contributed by atoms with Crippen molar-refractivity contribution >= 4 is 0 Å². The van der Waals surface area contributed by atoms with E-state index in [1.165, 1.54) is 0 Å². The van der Waals surface area contributed by atoms with Gasteiger partial charge in [-0.3, -0.25) is 4.90 Å². The molecule has 2 unspecified atom stereocenters. The van der Waals surface area contributed by atoms with Crippen molar-refractivity contribution in [2.24, 2.45) is 5.73 Å². The fourth-order valence-corrected chi connectivity index (χ4v) is 1.89. The van der Waals surface area contributed by atoms with Gasteiger partial charge in [-0.15, -0.1) is 0 Å². The molecular weight excluding hydrogens is 181 g/mol. The number of nitrogens with one attached hydrogen (secondary N) is 1. The van der Waals surface area contributed by atoms with Crippen LogP contribution in [0.4, 0.5) is 4.39 Å². The fraction of sp³-hybridized carbons (Fsp3) is 1.00. The highest BCUT2D eigenvalue weighted by Crippen LogP contribution is 2.13. The third-order valence-electron chi connectivity index (χ3n) is 2.84. The van der Waals surface area contributed by atoms with Crippen LogP contribution in [-0.4, -0.2) is 49.3 Å². The summed E-state index contributed by atoms with van der Waals surface area (Å²) < 4.78 is 13.3. The summed E-state index contributed by atoms with van der Waals surface area (Å²) in [6.45, 7) is 7.32. The lowest BCUT2D eigenvalue weighted by Crippen LogP contribution is -2.46. The number of nitrogens with two attached hydrogens (primary N) is 1. The lowest BCUT2D eigenvalue weighted by Gasteiger charge is -2.29. The van der Waals surface area contributed by atoms with Crippen molar-refractivity contribution in [3.63, 3.8) is 0 Å². The summed E-state index contributed by atoms with van der Waals surface area (Å²) in [5, 5.41) is 3.19. The first-order valence-corrected chi connectivity index (χ1v) is 5.46. The van der Waals surface area contributed by atoms with Crippen LogP contribution in [0.1, 0.15) is 20.3 Å². The molecule has 0 amide bonds. The van der Waals surface area contributed by atoms with Gasteiger partial charge in [-0.1, -0.05) is 0 Å². The van der Waals surface area contributed by atoms with Crippen LogP contribution >= 0.6 is 0 Å². The summed E-state index contributed by atoms with van der Waals surface area (Å²) >= 11 is 0. The van der Waals surface area contributed by atoms with Crippen molar-refractivity contribution in [2.45, 2.75) is 38.5 Å². The SMILES string of the molecule is CC(C)N(CCN)CC1NCCC1F. The summed E-state index contributed by atoms with van der Waals surface area (Å²) in [5.41, 5.74) is 5.52. The highest BCUT2D eigenvalue weighted by molar-refractivity contribution is 4.86. The second-order valence-corrected chi connectivity index (χ2v) is 4.24. The number of rotatable bonds is 5. The lowest BCUT2D eigenvalue weighted by atomic mass is 10.1. The fourth-order valence-electron chi connectivity index (χ4n) is 1.89. The van der Waals surface area contributed by atoms with E-state index in [1.807, 2.05) is 0 Å². The Hall–Kier alpha value is -0.190. The molecule has 1 fully saturated rings. The van der Waals surface area contributed by atoms with Crippen LogP contribution in [0, 0.1) is 0 Å². The molecule has 0 radical (unpaired) electrons. The highest BCUT2D eigenvalue weighted by Gasteiger charge is 2.28. The Morgan fingerprint density at radius 2 is 2.29 bits per heavy atom. The summed E-state index contributed by atoms with van der Waals surface area (Å²) in [7, 11) is 0. The van der Waals surface area contributed by atoms with Gasteiger partial charge in [0.05, 0.1) is 6.04 Å². The largest absolute Gasteiger partial charge is 0.329 e. The summed E-state index contributed by atoms with van der Waals surface area (Å²) in [6.07, 6.45) is -0.0341. The molecule has 0 spiro atoms. The summed E-state index contributed by atoms with van der Waals surface area (Å²) in [4.78, 5) is 2.23. The van der Waals surface area contributed by atoms with Crippen LogP contribution in [0.25, 0.3) is 0 Å². The van der Waals surface area contributed by atoms with Gasteiger partial charge in [0.15, 0.2) is 0 Å². The van der Waals surface area contributed by atoms with E-state index in [1.54, 1.807) is 0 Å². The molecule has 0 aromatic rings. The van der Waals surface area contributed by atoms with Gasteiger partial charge in [-0.2, -0.15) is 0 Å². The number of nitrogens with zero attached hydrogens (tertiary/aromatic N) is 1. The highest BCUT2D eigenvalue weighted by atomic mass is 19.1. The van der Waals surface area contributed by atoms with E-state index in [-0.39, 0.29) is 6.04 Å². The molecule has 1 saturated heterocycles. The molecule has 0 aromatic carbocycles. The van der Waals surface area contributed by atoms with Crippen LogP contribution in [0.3, 0.4) is 0 Å². The average Bonchev–Trinajstić information content (AvgIpc) is 2.51. The second-order valence-electron chi connectivity index (χ2n) is 4.24. The topological polar surface area (TPSA) is 41.3 Å². The maximum Gasteiger partial charge on any atom is 0.118 e. The zero-order valence-corrected chi connectivity index (χ0v) is 9.17. The van der Waals surface area contributed by atoms with Crippen molar-refractivity contribution in [1.29, 1.82) is 0 Å². The molecule has 1 heterocycles. The maximum absolute atomic E-state index is 13.3. The third kappa shape index (κ3) is 3.19. The number of hydrogen-bond donors (Lipinski definition) is 2. The van der Waals surface area contributed by atoms with Gasteiger partial charge >= 0.3 is 0 Å².